The van der Waals surface area contributed by atoms with Crippen molar-refractivity contribution in [3.8, 4) is 17.2 Å². The minimum absolute atomic E-state index is 0.0633. The molecular formula is C18H17F2NO6. The maximum Gasteiger partial charge on any atom is 0.387 e. The van der Waals surface area contributed by atoms with Crippen molar-refractivity contribution in [3.63, 3.8) is 0 Å². The van der Waals surface area contributed by atoms with Crippen molar-refractivity contribution in [1.29, 1.82) is 0 Å². The minimum atomic E-state index is -2.98. The van der Waals surface area contributed by atoms with Crippen molar-refractivity contribution in [3.05, 3.63) is 53.6 Å². The quantitative estimate of drug-likeness (QED) is 0.683. The van der Waals surface area contributed by atoms with Gasteiger partial charge in [-0.3, -0.25) is 4.79 Å². The molecule has 2 rings (SSSR count). The third-order valence-corrected chi connectivity index (χ3v) is 3.35. The van der Waals surface area contributed by atoms with Gasteiger partial charge in [0.2, 0.25) is 0 Å². The van der Waals surface area contributed by atoms with Crippen molar-refractivity contribution in [1.82, 2.24) is 5.32 Å². The summed E-state index contributed by atoms with van der Waals surface area (Å²) in [6.07, 6.45) is 0. The SMILES string of the molecule is COc1cc(CNC(=O)COC(=O)c2cccc(O)c2)ccc1OC(F)F. The van der Waals surface area contributed by atoms with Gasteiger partial charge in [-0.25, -0.2) is 4.79 Å². The van der Waals surface area contributed by atoms with E-state index in [0.717, 1.165) is 0 Å². The van der Waals surface area contributed by atoms with Gasteiger partial charge in [-0.05, 0) is 35.9 Å². The van der Waals surface area contributed by atoms with E-state index in [-0.39, 0.29) is 29.4 Å². The Balaban J connectivity index is 1.85. The summed E-state index contributed by atoms with van der Waals surface area (Å²) in [6, 6.07) is 9.76. The maximum absolute atomic E-state index is 12.3. The van der Waals surface area contributed by atoms with Gasteiger partial charge < -0.3 is 24.6 Å². The molecule has 0 aromatic heterocycles. The Hall–Kier alpha value is -3.36. The lowest BCUT2D eigenvalue weighted by molar-refractivity contribution is -0.124. The molecule has 0 aliphatic carbocycles. The molecule has 7 nitrogen and oxygen atoms in total. The smallest absolute Gasteiger partial charge is 0.387 e. The summed E-state index contributed by atoms with van der Waals surface area (Å²) in [4.78, 5) is 23.6. The molecule has 0 saturated carbocycles. The van der Waals surface area contributed by atoms with E-state index in [0.29, 0.717) is 5.56 Å². The third kappa shape index (κ3) is 6.14. The molecule has 0 heterocycles. The maximum atomic E-state index is 12.3. The number of methoxy groups -OCH3 is 1. The van der Waals surface area contributed by atoms with Crippen LogP contribution in [0.25, 0.3) is 0 Å². The molecule has 2 aromatic carbocycles. The van der Waals surface area contributed by atoms with E-state index in [2.05, 4.69) is 10.1 Å². The van der Waals surface area contributed by atoms with Gasteiger partial charge >= 0.3 is 12.6 Å². The van der Waals surface area contributed by atoms with Gasteiger partial charge in [0.1, 0.15) is 5.75 Å². The lowest BCUT2D eigenvalue weighted by Crippen LogP contribution is -2.28. The number of amides is 1. The summed E-state index contributed by atoms with van der Waals surface area (Å²) in [5, 5.41) is 11.8. The number of phenols is 1. The zero-order valence-corrected chi connectivity index (χ0v) is 14.3. The summed E-state index contributed by atoms with van der Waals surface area (Å²) in [7, 11) is 1.30. The number of alkyl halides is 2. The Morgan fingerprint density at radius 3 is 2.59 bits per heavy atom. The van der Waals surface area contributed by atoms with Crippen LogP contribution >= 0.6 is 0 Å². The number of hydrogen-bond donors (Lipinski definition) is 2. The average Bonchev–Trinajstić information content (AvgIpc) is 2.64. The molecule has 0 radical (unpaired) electrons. The van der Waals surface area contributed by atoms with Gasteiger partial charge in [0.05, 0.1) is 12.7 Å². The van der Waals surface area contributed by atoms with Gasteiger partial charge in [0, 0.05) is 6.54 Å². The van der Waals surface area contributed by atoms with Crippen LogP contribution in [0.4, 0.5) is 8.78 Å². The second kappa shape index (κ2) is 9.37. The van der Waals surface area contributed by atoms with Crippen LogP contribution in [0.1, 0.15) is 15.9 Å². The number of esters is 1. The molecule has 0 unspecified atom stereocenters. The van der Waals surface area contributed by atoms with Crippen LogP contribution in [0.5, 0.6) is 17.2 Å². The van der Waals surface area contributed by atoms with Crippen LogP contribution in [-0.2, 0) is 16.1 Å². The zero-order valence-electron chi connectivity index (χ0n) is 14.3. The van der Waals surface area contributed by atoms with Crippen LogP contribution < -0.4 is 14.8 Å². The molecule has 0 aliphatic heterocycles. The first-order chi connectivity index (χ1) is 12.9. The fraction of sp³-hybridized carbons (Fsp3) is 0.222. The lowest BCUT2D eigenvalue weighted by atomic mass is 10.2. The summed E-state index contributed by atoms with van der Waals surface area (Å²) >= 11 is 0. The zero-order chi connectivity index (χ0) is 19.8. The van der Waals surface area contributed by atoms with Crippen LogP contribution in [0.15, 0.2) is 42.5 Å². The first-order valence-electron chi connectivity index (χ1n) is 7.73. The molecule has 0 bridgehead atoms. The average molecular weight is 381 g/mol. The fourth-order valence-corrected chi connectivity index (χ4v) is 2.11. The Labute approximate surface area is 153 Å². The molecule has 1 amide bonds. The first kappa shape index (κ1) is 20.0. The van der Waals surface area contributed by atoms with Crippen LogP contribution in [0.2, 0.25) is 0 Å². The van der Waals surface area contributed by atoms with Crippen LogP contribution in [0.3, 0.4) is 0 Å². The number of benzene rings is 2. The van der Waals surface area contributed by atoms with Crippen LogP contribution in [0, 0.1) is 0 Å². The predicted molar refractivity (Wildman–Crippen MR) is 89.9 cm³/mol. The van der Waals surface area contributed by atoms with Crippen LogP contribution in [-0.4, -0.2) is 37.3 Å². The Bertz CT molecular complexity index is 812. The van der Waals surface area contributed by atoms with Crippen molar-refractivity contribution in [2.75, 3.05) is 13.7 Å². The number of aromatic hydroxyl groups is 1. The highest BCUT2D eigenvalue weighted by atomic mass is 19.3. The van der Waals surface area contributed by atoms with Gasteiger partial charge in [0.25, 0.3) is 5.91 Å². The second-order valence-corrected chi connectivity index (χ2v) is 5.27. The summed E-state index contributed by atoms with van der Waals surface area (Å²) < 4.78 is 38.7. The lowest BCUT2D eigenvalue weighted by Gasteiger charge is -2.12. The van der Waals surface area contributed by atoms with Gasteiger partial charge in [0.15, 0.2) is 18.1 Å². The standard InChI is InChI=1S/C18H17F2NO6/c1-25-15-7-11(5-6-14(15)27-18(19)20)9-21-16(23)10-26-17(24)12-3-2-4-13(22)8-12/h2-8,18,22H,9-10H2,1H3,(H,21,23). The summed E-state index contributed by atoms with van der Waals surface area (Å²) in [6.45, 7) is -3.43. The second-order valence-electron chi connectivity index (χ2n) is 5.27. The molecule has 0 atom stereocenters. The molecule has 0 spiro atoms. The Morgan fingerprint density at radius 2 is 1.93 bits per heavy atom. The van der Waals surface area contributed by atoms with Crippen molar-refractivity contribution in [2.45, 2.75) is 13.2 Å². The third-order valence-electron chi connectivity index (χ3n) is 3.35. The molecule has 144 valence electrons. The predicted octanol–water partition coefficient (Wildman–Crippen LogP) is 2.48. The largest absolute Gasteiger partial charge is 0.508 e. The van der Waals surface area contributed by atoms with Crippen molar-refractivity contribution in [2.24, 2.45) is 0 Å². The van der Waals surface area contributed by atoms with E-state index in [9.17, 15) is 23.5 Å². The number of rotatable bonds is 8. The number of hydrogen-bond acceptors (Lipinski definition) is 6. The van der Waals surface area contributed by atoms with Crippen molar-refractivity contribution >= 4 is 11.9 Å². The van der Waals surface area contributed by atoms with E-state index < -0.39 is 25.1 Å². The van der Waals surface area contributed by atoms with E-state index >= 15 is 0 Å². The normalized spacial score (nSPS) is 10.4. The molecule has 9 heteroatoms. The monoisotopic (exact) mass is 381 g/mol. The Morgan fingerprint density at radius 1 is 1.15 bits per heavy atom. The van der Waals surface area contributed by atoms with Gasteiger partial charge in [-0.1, -0.05) is 12.1 Å². The van der Waals surface area contributed by atoms with Crippen molar-refractivity contribution < 1.29 is 37.7 Å². The first-order valence-corrected chi connectivity index (χ1v) is 7.73. The number of carbonyl (C=O) groups is 2. The van der Waals surface area contributed by atoms with E-state index in [4.69, 9.17) is 9.47 Å². The Kier molecular flexibility index (Phi) is 6.93. The highest BCUT2D eigenvalue weighted by Gasteiger charge is 2.13. The highest BCUT2D eigenvalue weighted by Crippen LogP contribution is 2.29. The van der Waals surface area contributed by atoms with E-state index in [1.807, 2.05) is 0 Å². The van der Waals surface area contributed by atoms with E-state index in [1.165, 1.54) is 49.6 Å². The molecule has 0 saturated heterocycles. The van der Waals surface area contributed by atoms with Gasteiger partial charge in [-0.15, -0.1) is 0 Å². The molecule has 0 fully saturated rings. The number of halogens is 2. The number of nitrogens with one attached hydrogen (secondary N) is 1. The molecule has 2 aromatic rings. The number of phenolic OH excluding ortho intramolecular Hbond substituents is 1. The topological polar surface area (TPSA) is 94.1 Å². The highest BCUT2D eigenvalue weighted by molar-refractivity contribution is 5.91. The number of carbonyl (C=O) groups excluding carboxylic acids is 2. The molecular weight excluding hydrogens is 364 g/mol. The van der Waals surface area contributed by atoms with E-state index in [1.54, 1.807) is 0 Å². The summed E-state index contributed by atoms with van der Waals surface area (Å²) in [5.74, 6) is -1.44. The van der Waals surface area contributed by atoms with Gasteiger partial charge in [-0.2, -0.15) is 8.78 Å². The minimum Gasteiger partial charge on any atom is -0.508 e. The number of ether oxygens (including phenoxy) is 3. The molecule has 2 N–H and O–H groups in total. The fourth-order valence-electron chi connectivity index (χ4n) is 2.11. The molecule has 0 aliphatic rings. The summed E-state index contributed by atoms with van der Waals surface area (Å²) in [5.41, 5.74) is 0.684. The molecule has 27 heavy (non-hydrogen) atoms.